The minimum atomic E-state index is -0.371. The highest BCUT2D eigenvalue weighted by Gasteiger charge is 2.16. The zero-order valence-corrected chi connectivity index (χ0v) is 12.0. The summed E-state index contributed by atoms with van der Waals surface area (Å²) in [6.07, 6.45) is 3.80. The summed E-state index contributed by atoms with van der Waals surface area (Å²) in [7, 11) is 0. The Bertz CT molecular complexity index is 381. The molecule has 1 unspecified atom stereocenters. The Morgan fingerprint density at radius 2 is 1.84 bits per heavy atom. The first-order valence-electron chi connectivity index (χ1n) is 6.90. The molecule has 108 valence electrons. The quantitative estimate of drug-likeness (QED) is 0.421. The topological polar surface area (TPSA) is 96.1 Å². The number of hydrogen-bond donors (Lipinski definition) is 4. The van der Waals surface area contributed by atoms with Crippen molar-refractivity contribution < 1.29 is 5.11 Å². The molecule has 1 rings (SSSR count). The second-order valence-corrected chi connectivity index (χ2v) is 4.57. The molecular weight excluding hydrogens is 242 g/mol. The van der Waals surface area contributed by atoms with E-state index in [9.17, 15) is 5.11 Å². The maximum absolute atomic E-state index is 10.1. The Labute approximate surface area is 114 Å². The normalized spacial score (nSPS) is 12.5. The van der Waals surface area contributed by atoms with Crippen LogP contribution in [-0.2, 0) is 6.42 Å². The van der Waals surface area contributed by atoms with Gasteiger partial charge in [-0.2, -0.15) is 0 Å². The van der Waals surface area contributed by atoms with E-state index in [1.54, 1.807) is 0 Å². The fourth-order valence-corrected chi connectivity index (χ4v) is 2.22. The lowest BCUT2D eigenvalue weighted by Crippen LogP contribution is -2.28. The molecule has 0 fully saturated rings. The molecule has 0 aliphatic rings. The zero-order valence-electron chi connectivity index (χ0n) is 12.0. The van der Waals surface area contributed by atoms with Crippen molar-refractivity contribution in [2.75, 3.05) is 17.3 Å². The van der Waals surface area contributed by atoms with Gasteiger partial charge in [0.15, 0.2) is 0 Å². The van der Waals surface area contributed by atoms with Gasteiger partial charge in [-0.25, -0.2) is 15.8 Å². The van der Waals surface area contributed by atoms with Crippen LogP contribution in [0.2, 0.25) is 0 Å². The fourth-order valence-electron chi connectivity index (χ4n) is 2.22. The van der Waals surface area contributed by atoms with Crippen molar-refractivity contribution in [3.63, 3.8) is 0 Å². The van der Waals surface area contributed by atoms with E-state index in [2.05, 4.69) is 34.6 Å². The highest BCUT2D eigenvalue weighted by Crippen LogP contribution is 2.20. The highest BCUT2D eigenvalue weighted by atomic mass is 16.3. The Morgan fingerprint density at radius 1 is 1.21 bits per heavy atom. The van der Waals surface area contributed by atoms with Crippen LogP contribution in [0.15, 0.2) is 6.33 Å². The van der Waals surface area contributed by atoms with Gasteiger partial charge < -0.3 is 15.8 Å². The number of anilines is 2. The van der Waals surface area contributed by atoms with Gasteiger partial charge in [0.1, 0.15) is 18.0 Å². The third kappa shape index (κ3) is 4.04. The Kier molecular flexibility index (Phi) is 6.52. The summed E-state index contributed by atoms with van der Waals surface area (Å²) in [5.41, 5.74) is 3.50. The second-order valence-electron chi connectivity index (χ2n) is 4.57. The van der Waals surface area contributed by atoms with Crippen molar-refractivity contribution in [2.45, 2.75) is 46.1 Å². The molecule has 1 heterocycles. The van der Waals surface area contributed by atoms with Crippen molar-refractivity contribution in [1.82, 2.24) is 9.97 Å². The summed E-state index contributed by atoms with van der Waals surface area (Å²) in [6, 6.07) is 0. The minimum Gasteiger partial charge on any atom is -0.391 e. The van der Waals surface area contributed by atoms with Crippen LogP contribution in [0, 0.1) is 5.92 Å². The third-order valence-corrected chi connectivity index (χ3v) is 3.51. The molecule has 0 amide bonds. The molecule has 0 aromatic carbocycles. The summed E-state index contributed by atoms with van der Waals surface area (Å²) in [6.45, 7) is 6.69. The monoisotopic (exact) mass is 267 g/mol. The lowest BCUT2D eigenvalue weighted by atomic mass is 9.96. The largest absolute Gasteiger partial charge is 0.391 e. The average Bonchev–Trinajstić information content (AvgIpc) is 2.45. The first kappa shape index (κ1) is 15.7. The molecule has 0 aliphatic carbocycles. The summed E-state index contributed by atoms with van der Waals surface area (Å²) in [4.78, 5) is 8.29. The molecular formula is C13H25N5O. The predicted octanol–water partition coefficient (Wildman–Crippen LogP) is 1.53. The van der Waals surface area contributed by atoms with Crippen LogP contribution >= 0.6 is 0 Å². The molecule has 6 nitrogen and oxygen atoms in total. The van der Waals surface area contributed by atoms with Crippen LogP contribution < -0.4 is 16.6 Å². The van der Waals surface area contributed by atoms with Gasteiger partial charge in [0, 0.05) is 12.1 Å². The van der Waals surface area contributed by atoms with E-state index < -0.39 is 0 Å². The molecule has 0 aliphatic heterocycles. The maximum atomic E-state index is 10.1. The van der Waals surface area contributed by atoms with Crippen molar-refractivity contribution in [3.05, 3.63) is 11.9 Å². The maximum Gasteiger partial charge on any atom is 0.148 e. The number of rotatable bonds is 8. The molecule has 1 aromatic rings. The Hall–Kier alpha value is -1.40. The molecule has 0 spiro atoms. The summed E-state index contributed by atoms with van der Waals surface area (Å²) < 4.78 is 0. The average molecular weight is 267 g/mol. The van der Waals surface area contributed by atoms with Gasteiger partial charge in [-0.1, -0.05) is 33.6 Å². The van der Waals surface area contributed by atoms with Crippen LogP contribution in [0.25, 0.3) is 0 Å². The van der Waals surface area contributed by atoms with Crippen LogP contribution in [-0.4, -0.2) is 27.7 Å². The molecule has 6 heteroatoms. The number of nitrogens with one attached hydrogen (secondary N) is 2. The number of nitrogens with zero attached hydrogens (tertiary/aromatic N) is 2. The van der Waals surface area contributed by atoms with Crippen LogP contribution in [0.4, 0.5) is 11.6 Å². The second kappa shape index (κ2) is 7.91. The van der Waals surface area contributed by atoms with Crippen molar-refractivity contribution in [2.24, 2.45) is 11.8 Å². The highest BCUT2D eigenvalue weighted by molar-refractivity contribution is 5.56. The number of hydrazine groups is 1. The van der Waals surface area contributed by atoms with Gasteiger partial charge in [-0.15, -0.1) is 0 Å². The number of aliphatic hydroxyl groups is 1. The summed E-state index contributed by atoms with van der Waals surface area (Å²) in [5, 5.41) is 13.3. The van der Waals surface area contributed by atoms with Crippen LogP contribution in [0.3, 0.4) is 0 Å². The molecule has 0 radical (unpaired) electrons. The fraction of sp³-hybridized carbons (Fsp3) is 0.692. The van der Waals surface area contributed by atoms with Gasteiger partial charge in [0.2, 0.25) is 0 Å². The minimum absolute atomic E-state index is 0.312. The molecule has 19 heavy (non-hydrogen) atoms. The third-order valence-electron chi connectivity index (χ3n) is 3.51. The van der Waals surface area contributed by atoms with Gasteiger partial charge in [0.25, 0.3) is 0 Å². The number of nitrogen functional groups attached to an aromatic ring is 1. The Balaban J connectivity index is 2.72. The van der Waals surface area contributed by atoms with E-state index in [0.29, 0.717) is 18.3 Å². The van der Waals surface area contributed by atoms with E-state index in [4.69, 9.17) is 5.84 Å². The van der Waals surface area contributed by atoms with Gasteiger partial charge in [-0.05, 0) is 12.3 Å². The lowest BCUT2D eigenvalue weighted by molar-refractivity contribution is 0.114. The summed E-state index contributed by atoms with van der Waals surface area (Å²) >= 11 is 0. The zero-order chi connectivity index (χ0) is 14.3. The molecule has 1 aromatic heterocycles. The Morgan fingerprint density at radius 3 is 2.37 bits per heavy atom. The lowest BCUT2D eigenvalue weighted by Gasteiger charge is -2.21. The van der Waals surface area contributed by atoms with Crippen LogP contribution in [0.5, 0.6) is 0 Å². The SMILES string of the molecule is CCc1c(NN)ncnc1NCC(O)C(CC)CC. The van der Waals surface area contributed by atoms with Gasteiger partial charge in [0.05, 0.1) is 6.10 Å². The van der Waals surface area contributed by atoms with E-state index in [1.807, 2.05) is 6.92 Å². The number of aliphatic hydroxyl groups excluding tert-OH is 1. The number of aromatic nitrogens is 2. The number of nitrogens with two attached hydrogens (primary N) is 1. The molecule has 1 atom stereocenters. The first-order valence-corrected chi connectivity index (χ1v) is 6.90. The molecule has 5 N–H and O–H groups in total. The summed E-state index contributed by atoms with van der Waals surface area (Å²) in [5.74, 6) is 7.09. The molecule has 0 bridgehead atoms. The van der Waals surface area contributed by atoms with Crippen LogP contribution in [0.1, 0.15) is 39.2 Å². The van der Waals surface area contributed by atoms with E-state index in [1.165, 1.54) is 6.33 Å². The predicted molar refractivity (Wildman–Crippen MR) is 77.8 cm³/mol. The van der Waals surface area contributed by atoms with Crippen molar-refractivity contribution in [1.29, 1.82) is 0 Å². The van der Waals surface area contributed by atoms with Crippen molar-refractivity contribution >= 4 is 11.6 Å². The van der Waals surface area contributed by atoms with Gasteiger partial charge >= 0.3 is 0 Å². The standard InChI is InChI=1S/C13H25N5O/c1-4-9(5-2)11(19)7-15-12-10(6-3)13(18-14)17-8-16-12/h8-9,11,19H,4-7,14H2,1-3H3,(H2,15,16,17,18). The molecule has 0 saturated carbocycles. The number of hydrogen-bond acceptors (Lipinski definition) is 6. The van der Waals surface area contributed by atoms with E-state index >= 15 is 0 Å². The van der Waals surface area contributed by atoms with E-state index in [0.717, 1.165) is 30.6 Å². The molecule has 0 saturated heterocycles. The van der Waals surface area contributed by atoms with Crippen molar-refractivity contribution in [3.8, 4) is 0 Å². The van der Waals surface area contributed by atoms with Gasteiger partial charge in [-0.3, -0.25) is 0 Å². The smallest absolute Gasteiger partial charge is 0.148 e. The first-order chi connectivity index (χ1) is 9.17. The van der Waals surface area contributed by atoms with E-state index in [-0.39, 0.29) is 6.10 Å².